The normalized spacial score (nSPS) is 23.7. The van der Waals surface area contributed by atoms with Crippen molar-refractivity contribution in [3.05, 3.63) is 29.8 Å². The molecule has 1 aromatic carbocycles. The first-order valence-electron chi connectivity index (χ1n) is 13.1. The van der Waals surface area contributed by atoms with Gasteiger partial charge in [0.25, 0.3) is 0 Å². The van der Waals surface area contributed by atoms with Crippen molar-refractivity contribution in [3.8, 4) is 0 Å². The van der Waals surface area contributed by atoms with Crippen LogP contribution in [0, 0.1) is 5.92 Å². The maximum absolute atomic E-state index is 13.7. The zero-order valence-corrected chi connectivity index (χ0v) is 20.8. The van der Waals surface area contributed by atoms with Crippen LogP contribution in [0.25, 0.3) is 0 Å². The van der Waals surface area contributed by atoms with Crippen molar-refractivity contribution in [1.82, 2.24) is 14.7 Å². The van der Waals surface area contributed by atoms with Crippen LogP contribution in [0.5, 0.6) is 0 Å². The van der Waals surface area contributed by atoms with E-state index in [4.69, 9.17) is 0 Å². The second kappa shape index (κ2) is 10.9. The van der Waals surface area contributed by atoms with Gasteiger partial charge in [0.2, 0.25) is 5.91 Å². The maximum atomic E-state index is 13.7. The van der Waals surface area contributed by atoms with E-state index in [0.717, 1.165) is 51.0 Å². The molecule has 1 N–H and O–H groups in total. The zero-order valence-electron chi connectivity index (χ0n) is 20.8. The number of anilines is 1. The van der Waals surface area contributed by atoms with E-state index in [-0.39, 0.29) is 12.1 Å². The Balaban J connectivity index is 1.36. The van der Waals surface area contributed by atoms with Crippen molar-refractivity contribution < 1.29 is 9.59 Å². The molecule has 1 saturated carbocycles. The number of benzene rings is 1. The number of hydrogen-bond acceptors (Lipinski definition) is 3. The summed E-state index contributed by atoms with van der Waals surface area (Å²) in [6, 6.07) is 8.43. The van der Waals surface area contributed by atoms with E-state index in [1.807, 2.05) is 17.0 Å². The van der Waals surface area contributed by atoms with Crippen LogP contribution in [0.4, 0.5) is 10.5 Å². The van der Waals surface area contributed by atoms with Crippen LogP contribution in [0.2, 0.25) is 0 Å². The number of nitrogens with zero attached hydrogens (tertiary/aromatic N) is 3. The summed E-state index contributed by atoms with van der Waals surface area (Å²) in [6.07, 6.45) is 8.27. The second-order valence-corrected chi connectivity index (χ2v) is 10.6. The van der Waals surface area contributed by atoms with Gasteiger partial charge in [-0.25, -0.2) is 4.79 Å². The summed E-state index contributed by atoms with van der Waals surface area (Å²) in [5.41, 5.74) is 2.11. The van der Waals surface area contributed by atoms with Crippen LogP contribution in [-0.4, -0.2) is 71.4 Å². The Bertz CT molecular complexity index is 795. The third-order valence-electron chi connectivity index (χ3n) is 8.01. The number of piperidine rings is 1. The highest BCUT2D eigenvalue weighted by Gasteiger charge is 2.40. The van der Waals surface area contributed by atoms with Gasteiger partial charge in [-0.2, -0.15) is 0 Å². The Morgan fingerprint density at radius 1 is 0.879 bits per heavy atom. The number of amides is 3. The number of rotatable bonds is 5. The maximum Gasteiger partial charge on any atom is 0.321 e. The van der Waals surface area contributed by atoms with Gasteiger partial charge in [0.15, 0.2) is 0 Å². The number of nitrogens with one attached hydrogen (secondary N) is 1. The molecule has 3 amide bonds. The molecule has 3 fully saturated rings. The van der Waals surface area contributed by atoms with Gasteiger partial charge in [-0.1, -0.05) is 38.8 Å². The van der Waals surface area contributed by atoms with E-state index in [0.29, 0.717) is 36.9 Å². The van der Waals surface area contributed by atoms with Crippen molar-refractivity contribution in [2.75, 3.05) is 38.0 Å². The number of urea groups is 1. The lowest BCUT2D eigenvalue weighted by molar-refractivity contribution is -0.143. The first kappa shape index (κ1) is 24.1. The van der Waals surface area contributed by atoms with Crippen LogP contribution >= 0.6 is 0 Å². The lowest BCUT2D eigenvalue weighted by Gasteiger charge is -2.44. The number of piperazine rings is 1. The van der Waals surface area contributed by atoms with Crippen LogP contribution in [0.15, 0.2) is 24.3 Å². The minimum absolute atomic E-state index is 0.0122. The minimum Gasteiger partial charge on any atom is -0.339 e. The van der Waals surface area contributed by atoms with E-state index in [9.17, 15) is 9.59 Å². The summed E-state index contributed by atoms with van der Waals surface area (Å²) in [4.78, 5) is 33.0. The molecule has 1 aliphatic carbocycles. The fourth-order valence-corrected chi connectivity index (χ4v) is 5.88. The largest absolute Gasteiger partial charge is 0.339 e. The van der Waals surface area contributed by atoms with Gasteiger partial charge >= 0.3 is 6.03 Å². The van der Waals surface area contributed by atoms with Crippen molar-refractivity contribution in [1.29, 1.82) is 0 Å². The molecule has 2 atom stereocenters. The van der Waals surface area contributed by atoms with Crippen molar-refractivity contribution >= 4 is 17.6 Å². The highest BCUT2D eigenvalue weighted by molar-refractivity contribution is 5.89. The monoisotopic (exact) mass is 454 g/mol. The predicted octanol–water partition coefficient (Wildman–Crippen LogP) is 4.92. The average Bonchev–Trinajstić information content (AvgIpc) is 3.34. The van der Waals surface area contributed by atoms with Crippen molar-refractivity contribution in [2.24, 2.45) is 5.92 Å². The molecule has 3 aliphatic rings. The molecule has 6 heteroatoms. The lowest BCUT2D eigenvalue weighted by Crippen LogP contribution is -2.60. The van der Waals surface area contributed by atoms with Crippen molar-refractivity contribution in [3.63, 3.8) is 0 Å². The predicted molar refractivity (Wildman–Crippen MR) is 133 cm³/mol. The van der Waals surface area contributed by atoms with Crippen LogP contribution < -0.4 is 5.32 Å². The third-order valence-corrected chi connectivity index (χ3v) is 8.01. The Morgan fingerprint density at radius 2 is 1.52 bits per heavy atom. The first-order valence-corrected chi connectivity index (χ1v) is 13.1. The zero-order chi connectivity index (χ0) is 23.4. The van der Waals surface area contributed by atoms with E-state index in [2.05, 4.69) is 48.0 Å². The molecule has 0 bridgehead atoms. The standard InChI is InChI=1S/C27H42N4O2/c1-20(2)22-11-13-24(14-12-22)28-27(33)30-18-16-29(17-19-30)25(23-9-4-5-10-23)26(32)31-15-7-6-8-21(31)3/h11-14,20-21,23,25H,4-10,15-19H2,1-3H3,(H,28,33)/t21-,25+/m1/s1. The summed E-state index contributed by atoms with van der Waals surface area (Å²) >= 11 is 0. The fourth-order valence-electron chi connectivity index (χ4n) is 5.88. The van der Waals surface area contributed by atoms with Crippen LogP contribution in [-0.2, 0) is 4.79 Å². The molecule has 2 heterocycles. The summed E-state index contributed by atoms with van der Waals surface area (Å²) < 4.78 is 0. The molecular formula is C27H42N4O2. The second-order valence-electron chi connectivity index (χ2n) is 10.6. The number of likely N-dealkylation sites (tertiary alicyclic amines) is 1. The average molecular weight is 455 g/mol. The number of carbonyl (C=O) groups excluding carboxylic acids is 2. The van der Waals surface area contributed by atoms with E-state index < -0.39 is 0 Å². The molecule has 0 unspecified atom stereocenters. The molecule has 6 nitrogen and oxygen atoms in total. The van der Waals surface area contributed by atoms with Gasteiger partial charge in [0.05, 0.1) is 6.04 Å². The Morgan fingerprint density at radius 3 is 2.12 bits per heavy atom. The van der Waals surface area contributed by atoms with E-state index in [1.165, 1.54) is 24.8 Å². The van der Waals surface area contributed by atoms with Gasteiger partial charge in [-0.05, 0) is 68.6 Å². The molecule has 2 saturated heterocycles. The molecule has 1 aromatic rings. The van der Waals surface area contributed by atoms with Gasteiger partial charge in [-0.15, -0.1) is 0 Å². The van der Waals surface area contributed by atoms with Crippen molar-refractivity contribution in [2.45, 2.75) is 83.7 Å². The Labute approximate surface area is 199 Å². The summed E-state index contributed by atoms with van der Waals surface area (Å²) in [6.45, 7) is 10.3. The van der Waals surface area contributed by atoms with Crippen LogP contribution in [0.3, 0.4) is 0 Å². The molecule has 0 radical (unpaired) electrons. The SMILES string of the molecule is CC(C)c1ccc(NC(=O)N2CCN([C@H](C(=O)N3CCCC[C@H]3C)C3CCCC3)CC2)cc1. The van der Waals surface area contributed by atoms with Crippen LogP contribution in [0.1, 0.15) is 77.2 Å². The summed E-state index contributed by atoms with van der Waals surface area (Å²) in [5.74, 6) is 1.29. The van der Waals surface area contributed by atoms with E-state index in [1.54, 1.807) is 0 Å². The minimum atomic E-state index is -0.0413. The van der Waals surface area contributed by atoms with Gasteiger partial charge in [0, 0.05) is 44.5 Å². The highest BCUT2D eigenvalue weighted by atomic mass is 16.2. The molecule has 0 spiro atoms. The first-order chi connectivity index (χ1) is 15.9. The fraction of sp³-hybridized carbons (Fsp3) is 0.704. The van der Waals surface area contributed by atoms with E-state index >= 15 is 0 Å². The third kappa shape index (κ3) is 5.71. The molecule has 182 valence electrons. The smallest absolute Gasteiger partial charge is 0.321 e. The molecule has 4 rings (SSSR count). The van der Waals surface area contributed by atoms with Gasteiger partial charge < -0.3 is 15.1 Å². The molecule has 33 heavy (non-hydrogen) atoms. The number of carbonyl (C=O) groups is 2. The lowest BCUT2D eigenvalue weighted by atomic mass is 9.92. The number of hydrogen-bond donors (Lipinski definition) is 1. The Hall–Kier alpha value is -2.08. The highest BCUT2D eigenvalue weighted by Crippen LogP contribution is 2.33. The summed E-state index contributed by atoms with van der Waals surface area (Å²) in [5, 5.41) is 3.05. The topological polar surface area (TPSA) is 55.9 Å². The van der Waals surface area contributed by atoms with Gasteiger partial charge in [0.1, 0.15) is 0 Å². The quantitative estimate of drug-likeness (QED) is 0.687. The molecule has 0 aromatic heterocycles. The molecule has 2 aliphatic heterocycles. The molecular weight excluding hydrogens is 412 g/mol. The Kier molecular flexibility index (Phi) is 7.94. The summed E-state index contributed by atoms with van der Waals surface area (Å²) in [7, 11) is 0. The van der Waals surface area contributed by atoms with Gasteiger partial charge in [-0.3, -0.25) is 9.69 Å².